The van der Waals surface area contributed by atoms with Gasteiger partial charge in [0, 0.05) is 17.7 Å². The normalized spacial score (nSPS) is 11.8. The topological polar surface area (TPSA) is 126 Å². The number of para-hydroxylation sites is 2. The molecular formula is C17H18N4O5. The van der Waals surface area contributed by atoms with Crippen molar-refractivity contribution in [3.05, 3.63) is 58.1 Å². The summed E-state index contributed by atoms with van der Waals surface area (Å²) in [7, 11) is 1.53. The number of carbonyl (C=O) groups excluding carboxylic acids is 1. The summed E-state index contributed by atoms with van der Waals surface area (Å²) < 4.78 is 5.20. The number of hydrazone groups is 1. The number of anilines is 1. The summed E-state index contributed by atoms with van der Waals surface area (Å²) in [6, 6.07) is 10.0. The Bertz CT molecular complexity index is 838. The molecule has 0 aliphatic heterocycles. The van der Waals surface area contributed by atoms with Crippen molar-refractivity contribution in [2.45, 2.75) is 13.0 Å². The number of aromatic hydroxyl groups is 1. The maximum Gasteiger partial charge on any atom is 0.270 e. The summed E-state index contributed by atoms with van der Waals surface area (Å²) in [5, 5.41) is 27.2. The highest BCUT2D eigenvalue weighted by Crippen LogP contribution is 2.24. The zero-order valence-electron chi connectivity index (χ0n) is 14.2. The van der Waals surface area contributed by atoms with Crippen LogP contribution in [-0.2, 0) is 4.79 Å². The van der Waals surface area contributed by atoms with Gasteiger partial charge in [0.25, 0.3) is 11.6 Å². The minimum Gasteiger partial charge on any atom is -0.507 e. The minimum atomic E-state index is -0.623. The number of amides is 1. The fraction of sp³-hybridized carbons (Fsp3) is 0.176. The zero-order valence-corrected chi connectivity index (χ0v) is 14.2. The van der Waals surface area contributed by atoms with Crippen molar-refractivity contribution in [2.75, 3.05) is 12.4 Å². The van der Waals surface area contributed by atoms with Crippen LogP contribution in [0.3, 0.4) is 0 Å². The van der Waals surface area contributed by atoms with Gasteiger partial charge in [-0.25, -0.2) is 5.43 Å². The van der Waals surface area contributed by atoms with Crippen LogP contribution in [0.15, 0.2) is 47.6 Å². The van der Waals surface area contributed by atoms with Crippen LogP contribution in [0.25, 0.3) is 0 Å². The van der Waals surface area contributed by atoms with Crippen LogP contribution in [0.1, 0.15) is 12.5 Å². The summed E-state index contributed by atoms with van der Waals surface area (Å²) in [5.41, 5.74) is 2.88. The van der Waals surface area contributed by atoms with Gasteiger partial charge in [-0.2, -0.15) is 5.10 Å². The Morgan fingerprint density at radius 3 is 2.77 bits per heavy atom. The van der Waals surface area contributed by atoms with E-state index in [2.05, 4.69) is 15.8 Å². The van der Waals surface area contributed by atoms with Crippen LogP contribution in [0.5, 0.6) is 11.5 Å². The predicted octanol–water partition coefficient (Wildman–Crippen LogP) is 2.26. The third-order valence-corrected chi connectivity index (χ3v) is 3.47. The number of nitro benzene ring substituents is 1. The number of nitrogens with zero attached hydrogens (tertiary/aromatic N) is 2. The summed E-state index contributed by atoms with van der Waals surface area (Å²) in [5.74, 6) is -0.0250. The zero-order chi connectivity index (χ0) is 19.1. The largest absolute Gasteiger partial charge is 0.507 e. The van der Waals surface area contributed by atoms with Crippen LogP contribution < -0.4 is 15.5 Å². The molecule has 0 radical (unpaired) electrons. The lowest BCUT2D eigenvalue weighted by Gasteiger charge is -2.15. The molecule has 1 atom stereocenters. The van der Waals surface area contributed by atoms with Gasteiger partial charge < -0.3 is 15.2 Å². The van der Waals surface area contributed by atoms with Crippen molar-refractivity contribution < 1.29 is 19.6 Å². The van der Waals surface area contributed by atoms with Crippen molar-refractivity contribution in [1.82, 2.24) is 5.43 Å². The van der Waals surface area contributed by atoms with Gasteiger partial charge in [-0.3, -0.25) is 14.9 Å². The maximum atomic E-state index is 12.1. The molecule has 26 heavy (non-hydrogen) atoms. The molecule has 0 aromatic heterocycles. The Kier molecular flexibility index (Phi) is 6.10. The Labute approximate surface area is 149 Å². The Morgan fingerprint density at radius 2 is 2.08 bits per heavy atom. The molecule has 0 aliphatic carbocycles. The first kappa shape index (κ1) is 18.7. The molecule has 0 heterocycles. The second-order valence-corrected chi connectivity index (χ2v) is 5.30. The van der Waals surface area contributed by atoms with Gasteiger partial charge in [0.15, 0.2) is 0 Å². The van der Waals surface area contributed by atoms with Crippen LogP contribution in [0.4, 0.5) is 11.4 Å². The van der Waals surface area contributed by atoms with E-state index >= 15 is 0 Å². The fourth-order valence-electron chi connectivity index (χ4n) is 2.08. The number of benzene rings is 2. The van der Waals surface area contributed by atoms with Crippen molar-refractivity contribution in [2.24, 2.45) is 5.10 Å². The van der Waals surface area contributed by atoms with Gasteiger partial charge in [0.05, 0.1) is 23.9 Å². The van der Waals surface area contributed by atoms with Gasteiger partial charge in [-0.05, 0) is 25.1 Å². The molecular weight excluding hydrogens is 340 g/mol. The number of nitro groups is 1. The van der Waals surface area contributed by atoms with Crippen molar-refractivity contribution in [3.8, 4) is 11.5 Å². The van der Waals surface area contributed by atoms with Crippen LogP contribution >= 0.6 is 0 Å². The van der Waals surface area contributed by atoms with Crippen LogP contribution in [-0.4, -0.2) is 35.3 Å². The molecule has 9 nitrogen and oxygen atoms in total. The van der Waals surface area contributed by atoms with E-state index in [-0.39, 0.29) is 17.0 Å². The van der Waals surface area contributed by atoms with Crippen LogP contribution in [0, 0.1) is 10.1 Å². The predicted molar refractivity (Wildman–Crippen MR) is 96.6 cm³/mol. The average molecular weight is 358 g/mol. The molecule has 0 bridgehead atoms. The van der Waals surface area contributed by atoms with Crippen molar-refractivity contribution >= 4 is 23.5 Å². The second kappa shape index (κ2) is 8.47. The van der Waals surface area contributed by atoms with E-state index in [1.807, 2.05) is 6.07 Å². The number of phenols is 1. The van der Waals surface area contributed by atoms with Gasteiger partial charge in [-0.15, -0.1) is 0 Å². The highest BCUT2D eigenvalue weighted by Gasteiger charge is 2.14. The molecule has 0 aliphatic rings. The van der Waals surface area contributed by atoms with E-state index in [1.54, 1.807) is 25.1 Å². The number of phenolic OH excluding ortho intramolecular Hbond substituents is 1. The summed E-state index contributed by atoms with van der Waals surface area (Å²) >= 11 is 0. The second-order valence-electron chi connectivity index (χ2n) is 5.30. The van der Waals surface area contributed by atoms with E-state index in [0.717, 1.165) is 12.3 Å². The lowest BCUT2D eigenvalue weighted by atomic mass is 10.2. The first-order valence-electron chi connectivity index (χ1n) is 7.62. The van der Waals surface area contributed by atoms with E-state index in [1.165, 1.54) is 19.2 Å². The smallest absolute Gasteiger partial charge is 0.270 e. The third kappa shape index (κ3) is 4.69. The molecule has 0 saturated heterocycles. The Hall–Kier alpha value is -3.62. The molecule has 2 rings (SSSR count). The number of carbonyl (C=O) groups is 1. The molecule has 2 aromatic rings. The number of rotatable bonds is 7. The lowest BCUT2D eigenvalue weighted by Crippen LogP contribution is -2.35. The highest BCUT2D eigenvalue weighted by atomic mass is 16.6. The lowest BCUT2D eigenvalue weighted by molar-refractivity contribution is -0.384. The van der Waals surface area contributed by atoms with E-state index in [4.69, 9.17) is 4.74 Å². The summed E-state index contributed by atoms with van der Waals surface area (Å²) in [6.45, 7) is 1.64. The van der Waals surface area contributed by atoms with Gasteiger partial charge in [-0.1, -0.05) is 12.1 Å². The number of non-ortho nitro benzene ring substituents is 1. The van der Waals surface area contributed by atoms with Gasteiger partial charge in [0.1, 0.15) is 17.5 Å². The van der Waals surface area contributed by atoms with Crippen molar-refractivity contribution in [3.63, 3.8) is 0 Å². The maximum absolute atomic E-state index is 12.1. The minimum absolute atomic E-state index is 0.116. The molecule has 3 N–H and O–H groups in total. The van der Waals surface area contributed by atoms with Gasteiger partial charge in [0.2, 0.25) is 0 Å². The Morgan fingerprint density at radius 1 is 1.35 bits per heavy atom. The molecule has 0 unspecified atom stereocenters. The summed E-state index contributed by atoms with van der Waals surface area (Å²) in [4.78, 5) is 22.3. The molecule has 1 amide bonds. The average Bonchev–Trinajstić information content (AvgIpc) is 2.63. The first-order chi connectivity index (χ1) is 12.4. The molecule has 0 fully saturated rings. The van der Waals surface area contributed by atoms with E-state index in [9.17, 15) is 20.0 Å². The van der Waals surface area contributed by atoms with E-state index in [0.29, 0.717) is 11.4 Å². The SMILES string of the molecule is COc1ccccc1N[C@H](C)C(=O)NN=Cc1cc([N+](=O)[O-])ccc1O. The molecule has 136 valence electrons. The highest BCUT2D eigenvalue weighted by molar-refractivity contribution is 5.88. The monoisotopic (exact) mass is 358 g/mol. The number of hydrogen-bond acceptors (Lipinski definition) is 7. The quantitative estimate of drug-likeness (QED) is 0.396. The molecule has 0 spiro atoms. The molecule has 2 aromatic carbocycles. The number of methoxy groups -OCH3 is 1. The van der Waals surface area contributed by atoms with Crippen molar-refractivity contribution in [1.29, 1.82) is 0 Å². The number of hydrogen-bond donors (Lipinski definition) is 3. The fourth-order valence-corrected chi connectivity index (χ4v) is 2.08. The number of nitrogens with one attached hydrogen (secondary N) is 2. The third-order valence-electron chi connectivity index (χ3n) is 3.47. The van der Waals surface area contributed by atoms with E-state index < -0.39 is 16.9 Å². The Balaban J connectivity index is 2.00. The first-order valence-corrected chi connectivity index (χ1v) is 7.62. The number of ether oxygens (including phenoxy) is 1. The molecule has 9 heteroatoms. The summed E-state index contributed by atoms with van der Waals surface area (Å²) in [6.07, 6.45) is 1.13. The standard InChI is InChI=1S/C17H18N4O5/c1-11(19-14-5-3-4-6-16(14)26-2)17(23)20-18-10-12-9-13(21(24)25)7-8-15(12)22/h3-11,19,22H,1-2H3,(H,20,23)/t11-/m1/s1. The van der Waals surface area contributed by atoms with Crippen LogP contribution in [0.2, 0.25) is 0 Å². The van der Waals surface area contributed by atoms with Gasteiger partial charge >= 0.3 is 0 Å². The molecule has 0 saturated carbocycles.